The average molecular weight is 429 g/mol. The number of hydrogen-bond donors (Lipinski definition) is 0. The van der Waals surface area contributed by atoms with Crippen molar-refractivity contribution in [2.24, 2.45) is 0 Å². The average Bonchev–Trinajstić information content (AvgIpc) is 3.23. The van der Waals surface area contributed by atoms with Gasteiger partial charge in [-0.05, 0) is 43.7 Å². The summed E-state index contributed by atoms with van der Waals surface area (Å²) < 4.78 is 40.7. The van der Waals surface area contributed by atoms with Gasteiger partial charge in [-0.1, -0.05) is 12.1 Å². The molecule has 31 heavy (non-hydrogen) atoms. The van der Waals surface area contributed by atoms with Crippen LogP contribution in [0.2, 0.25) is 0 Å². The molecule has 3 aromatic rings. The molecule has 1 aromatic carbocycles. The Hall–Kier alpha value is -2.87. The second kappa shape index (κ2) is 8.70. The maximum Gasteiger partial charge on any atom is 0.416 e. The van der Waals surface area contributed by atoms with Crippen LogP contribution in [-0.2, 0) is 12.7 Å². The van der Waals surface area contributed by atoms with Gasteiger partial charge in [0.15, 0.2) is 0 Å². The standard InChI is InChI=1S/C23H26F3N5/c1-17(2)31-16-18(14-28-31)15-29-10-12-30(13-11-29)22-21(4-3-9-27-22)19-5-7-20(8-6-19)23(24,25)26/h3-9,14,16-17H,10-13,15H2,1-2H3. The highest BCUT2D eigenvalue weighted by Gasteiger charge is 2.30. The number of pyridine rings is 1. The second-order valence-electron chi connectivity index (χ2n) is 8.14. The van der Waals surface area contributed by atoms with E-state index in [0.29, 0.717) is 6.04 Å². The molecular weight excluding hydrogens is 403 g/mol. The molecule has 0 atom stereocenters. The Morgan fingerprint density at radius 2 is 1.71 bits per heavy atom. The van der Waals surface area contributed by atoms with Crippen LogP contribution < -0.4 is 4.90 Å². The van der Waals surface area contributed by atoms with Crippen molar-refractivity contribution in [1.82, 2.24) is 19.7 Å². The van der Waals surface area contributed by atoms with Gasteiger partial charge < -0.3 is 4.90 Å². The summed E-state index contributed by atoms with van der Waals surface area (Å²) >= 11 is 0. The first kappa shape index (κ1) is 21.4. The first-order chi connectivity index (χ1) is 14.8. The zero-order valence-electron chi connectivity index (χ0n) is 17.7. The summed E-state index contributed by atoms with van der Waals surface area (Å²) in [5.41, 5.74) is 2.14. The van der Waals surface area contributed by atoms with Gasteiger partial charge in [-0.25, -0.2) is 4.98 Å². The fraction of sp³-hybridized carbons (Fsp3) is 0.391. The molecule has 0 saturated carbocycles. The number of aromatic nitrogens is 3. The monoisotopic (exact) mass is 429 g/mol. The fourth-order valence-electron chi connectivity index (χ4n) is 3.83. The number of hydrogen-bond acceptors (Lipinski definition) is 4. The summed E-state index contributed by atoms with van der Waals surface area (Å²) in [6, 6.07) is 9.37. The zero-order chi connectivity index (χ0) is 22.0. The first-order valence-corrected chi connectivity index (χ1v) is 10.4. The molecule has 0 amide bonds. The molecule has 4 rings (SSSR count). The topological polar surface area (TPSA) is 37.2 Å². The number of halogens is 3. The Balaban J connectivity index is 1.44. The van der Waals surface area contributed by atoms with Crippen molar-refractivity contribution in [2.75, 3.05) is 31.1 Å². The highest BCUT2D eigenvalue weighted by molar-refractivity contribution is 5.76. The van der Waals surface area contributed by atoms with Crippen LogP contribution in [0, 0.1) is 0 Å². The van der Waals surface area contributed by atoms with E-state index >= 15 is 0 Å². The van der Waals surface area contributed by atoms with Gasteiger partial charge in [0.25, 0.3) is 0 Å². The summed E-state index contributed by atoms with van der Waals surface area (Å²) in [7, 11) is 0. The number of anilines is 1. The van der Waals surface area contributed by atoms with Crippen molar-refractivity contribution in [3.8, 4) is 11.1 Å². The van der Waals surface area contributed by atoms with E-state index in [1.807, 2.05) is 23.0 Å². The van der Waals surface area contributed by atoms with Crippen molar-refractivity contribution in [3.05, 3.63) is 66.1 Å². The van der Waals surface area contributed by atoms with Gasteiger partial charge in [0.05, 0.1) is 11.8 Å². The number of rotatable bonds is 5. The smallest absolute Gasteiger partial charge is 0.354 e. The van der Waals surface area contributed by atoms with Gasteiger partial charge in [0.1, 0.15) is 5.82 Å². The number of alkyl halides is 3. The quantitative estimate of drug-likeness (QED) is 0.580. The van der Waals surface area contributed by atoms with Crippen molar-refractivity contribution in [2.45, 2.75) is 32.6 Å². The van der Waals surface area contributed by atoms with E-state index in [1.54, 1.807) is 6.20 Å². The first-order valence-electron chi connectivity index (χ1n) is 10.4. The Morgan fingerprint density at radius 3 is 2.32 bits per heavy atom. The minimum Gasteiger partial charge on any atom is -0.354 e. The lowest BCUT2D eigenvalue weighted by Gasteiger charge is -2.36. The van der Waals surface area contributed by atoms with E-state index in [-0.39, 0.29) is 0 Å². The second-order valence-corrected chi connectivity index (χ2v) is 8.14. The van der Waals surface area contributed by atoms with Crippen LogP contribution in [-0.4, -0.2) is 45.8 Å². The Kier molecular flexibility index (Phi) is 6.00. The highest BCUT2D eigenvalue weighted by Crippen LogP contribution is 2.33. The van der Waals surface area contributed by atoms with Crippen LogP contribution in [0.5, 0.6) is 0 Å². The van der Waals surface area contributed by atoms with E-state index in [4.69, 9.17) is 0 Å². The molecule has 0 radical (unpaired) electrons. The molecule has 0 bridgehead atoms. The van der Waals surface area contributed by atoms with Crippen molar-refractivity contribution < 1.29 is 13.2 Å². The lowest BCUT2D eigenvalue weighted by molar-refractivity contribution is -0.137. The molecule has 0 N–H and O–H groups in total. The maximum absolute atomic E-state index is 12.9. The van der Waals surface area contributed by atoms with Crippen LogP contribution >= 0.6 is 0 Å². The molecule has 0 unspecified atom stereocenters. The predicted octanol–water partition coefficient (Wildman–Crippen LogP) is 4.87. The summed E-state index contributed by atoms with van der Waals surface area (Å²) in [5, 5.41) is 4.41. The fourth-order valence-corrected chi connectivity index (χ4v) is 3.83. The van der Waals surface area contributed by atoms with Crippen molar-refractivity contribution in [3.63, 3.8) is 0 Å². The third-order valence-electron chi connectivity index (χ3n) is 5.57. The maximum atomic E-state index is 12.9. The predicted molar refractivity (Wildman–Crippen MR) is 115 cm³/mol. The van der Waals surface area contributed by atoms with E-state index in [1.165, 1.54) is 17.7 Å². The van der Waals surface area contributed by atoms with Gasteiger partial charge in [-0.3, -0.25) is 9.58 Å². The van der Waals surface area contributed by atoms with E-state index in [0.717, 1.165) is 61.8 Å². The van der Waals surface area contributed by atoms with Crippen LogP contribution in [0.1, 0.15) is 31.0 Å². The van der Waals surface area contributed by atoms with E-state index < -0.39 is 11.7 Å². The molecular formula is C23H26F3N5. The summed E-state index contributed by atoms with van der Waals surface area (Å²) in [6.07, 6.45) is 1.42. The molecule has 2 aromatic heterocycles. The summed E-state index contributed by atoms with van der Waals surface area (Å²) in [6.45, 7) is 8.46. The largest absolute Gasteiger partial charge is 0.416 e. The van der Waals surface area contributed by atoms with Crippen LogP contribution in [0.15, 0.2) is 55.0 Å². The Bertz CT molecular complexity index is 1000. The highest BCUT2D eigenvalue weighted by atomic mass is 19.4. The number of benzene rings is 1. The van der Waals surface area contributed by atoms with Crippen LogP contribution in [0.3, 0.4) is 0 Å². The molecule has 5 nitrogen and oxygen atoms in total. The number of piperazine rings is 1. The summed E-state index contributed by atoms with van der Waals surface area (Å²) in [5.74, 6) is 0.814. The third-order valence-corrected chi connectivity index (χ3v) is 5.57. The molecule has 1 fully saturated rings. The van der Waals surface area contributed by atoms with Gasteiger partial charge in [0.2, 0.25) is 0 Å². The minimum absolute atomic E-state index is 0.346. The van der Waals surface area contributed by atoms with Gasteiger partial charge in [-0.2, -0.15) is 18.3 Å². The molecule has 0 spiro atoms. The minimum atomic E-state index is -4.34. The third kappa shape index (κ3) is 4.90. The molecule has 0 aliphatic carbocycles. The Morgan fingerprint density at radius 1 is 1.00 bits per heavy atom. The van der Waals surface area contributed by atoms with Gasteiger partial charge in [-0.15, -0.1) is 0 Å². The number of nitrogens with zero attached hydrogens (tertiary/aromatic N) is 5. The zero-order valence-corrected chi connectivity index (χ0v) is 17.7. The van der Waals surface area contributed by atoms with Crippen LogP contribution in [0.25, 0.3) is 11.1 Å². The van der Waals surface area contributed by atoms with E-state index in [9.17, 15) is 13.2 Å². The molecule has 8 heteroatoms. The van der Waals surface area contributed by atoms with Gasteiger partial charge >= 0.3 is 6.18 Å². The molecule has 1 aliphatic heterocycles. The normalized spacial score (nSPS) is 15.6. The van der Waals surface area contributed by atoms with Crippen molar-refractivity contribution >= 4 is 5.82 Å². The lowest BCUT2D eigenvalue weighted by atomic mass is 10.0. The molecule has 1 aliphatic rings. The molecule has 1 saturated heterocycles. The Labute approximate surface area is 180 Å². The van der Waals surface area contributed by atoms with E-state index in [2.05, 4.69) is 39.9 Å². The van der Waals surface area contributed by atoms with Gasteiger partial charge in [0, 0.05) is 62.3 Å². The SMILES string of the molecule is CC(C)n1cc(CN2CCN(c3ncccc3-c3ccc(C(F)(F)F)cc3)CC2)cn1. The lowest BCUT2D eigenvalue weighted by Crippen LogP contribution is -2.46. The summed E-state index contributed by atoms with van der Waals surface area (Å²) in [4.78, 5) is 9.15. The molecule has 3 heterocycles. The van der Waals surface area contributed by atoms with Crippen LogP contribution in [0.4, 0.5) is 19.0 Å². The van der Waals surface area contributed by atoms with Crippen molar-refractivity contribution in [1.29, 1.82) is 0 Å². The molecule has 164 valence electrons.